The summed E-state index contributed by atoms with van der Waals surface area (Å²) in [6.45, 7) is 0. The molecule has 0 aliphatic heterocycles. The molecule has 0 spiro atoms. The predicted octanol–water partition coefficient (Wildman–Crippen LogP) is 6.08. The summed E-state index contributed by atoms with van der Waals surface area (Å²) in [5, 5.41) is 1.85. The molecule has 6 rings (SSSR count). The summed E-state index contributed by atoms with van der Waals surface area (Å²) in [5.41, 5.74) is 1.76. The molecular formula is C17H14Cl4O. The molecular weight excluding hydrogens is 362 g/mol. The van der Waals surface area contributed by atoms with Gasteiger partial charge in [-0.25, -0.2) is 0 Å². The fraction of sp³-hybridized carbons (Fsp3) is 0.529. The van der Waals surface area contributed by atoms with Gasteiger partial charge in [0, 0.05) is 12.7 Å². The molecule has 1 nitrogen and oxygen atoms in total. The molecule has 0 radical (unpaired) electrons. The van der Waals surface area contributed by atoms with E-state index >= 15 is 0 Å². The van der Waals surface area contributed by atoms with E-state index in [0.29, 0.717) is 49.7 Å². The van der Waals surface area contributed by atoms with E-state index < -0.39 is 0 Å². The number of hydrogen-bond donors (Lipinski definition) is 0. The first-order valence-electron chi connectivity index (χ1n) is 7.62. The Labute approximate surface area is 149 Å². The van der Waals surface area contributed by atoms with Crippen molar-refractivity contribution in [3.8, 4) is 0 Å². The second-order valence-electron chi connectivity index (χ2n) is 6.88. The van der Waals surface area contributed by atoms with Crippen molar-refractivity contribution in [2.45, 2.75) is 24.4 Å². The third-order valence-electron chi connectivity index (χ3n) is 6.48. The maximum absolute atomic E-state index is 6.65. The number of ether oxygens (including phenoxy) is 1. The highest BCUT2D eigenvalue weighted by atomic mass is 35.5. The van der Waals surface area contributed by atoms with Crippen LogP contribution in [0.15, 0.2) is 12.2 Å². The molecule has 0 heterocycles. The van der Waals surface area contributed by atoms with Crippen molar-refractivity contribution in [1.82, 2.24) is 0 Å². The lowest BCUT2D eigenvalue weighted by Crippen LogP contribution is -2.46. The zero-order valence-electron chi connectivity index (χ0n) is 11.9. The predicted molar refractivity (Wildman–Crippen MR) is 90.2 cm³/mol. The van der Waals surface area contributed by atoms with Crippen molar-refractivity contribution in [2.24, 2.45) is 23.7 Å². The maximum Gasteiger partial charge on any atom is 0.101 e. The maximum atomic E-state index is 6.65. The Hall–Kier alpha value is 0.0800. The molecule has 4 atom stereocenters. The van der Waals surface area contributed by atoms with E-state index in [4.69, 9.17) is 51.1 Å². The molecule has 22 heavy (non-hydrogen) atoms. The van der Waals surface area contributed by atoms with E-state index in [9.17, 15) is 0 Å². The topological polar surface area (TPSA) is 9.23 Å². The van der Waals surface area contributed by atoms with Crippen LogP contribution in [-0.2, 0) is 10.3 Å². The Bertz CT molecular complexity index is 719. The highest BCUT2D eigenvalue weighted by Gasteiger charge is 2.78. The molecule has 0 N–H and O–H groups in total. The number of halogens is 4. The number of rotatable bonds is 1. The smallest absolute Gasteiger partial charge is 0.101 e. The van der Waals surface area contributed by atoms with Gasteiger partial charge in [-0.1, -0.05) is 58.6 Å². The van der Waals surface area contributed by atoms with Crippen molar-refractivity contribution < 1.29 is 4.74 Å². The third-order valence-corrected chi connectivity index (χ3v) is 8.29. The van der Waals surface area contributed by atoms with Crippen molar-refractivity contribution in [3.63, 3.8) is 0 Å². The van der Waals surface area contributed by atoms with Crippen LogP contribution in [0.3, 0.4) is 0 Å². The molecule has 2 fully saturated rings. The van der Waals surface area contributed by atoms with Crippen LogP contribution in [0.1, 0.15) is 29.9 Å². The summed E-state index contributed by atoms with van der Waals surface area (Å²) in [5.74, 6) is 2.70. The highest BCUT2D eigenvalue weighted by molar-refractivity contribution is 6.52. The van der Waals surface area contributed by atoms with Crippen LogP contribution in [0.25, 0.3) is 0 Å². The number of allylic oxidation sites excluding steroid dienone is 2. The molecule has 5 heteroatoms. The van der Waals surface area contributed by atoms with Crippen LogP contribution >= 0.6 is 46.4 Å². The fourth-order valence-electron chi connectivity index (χ4n) is 5.90. The molecule has 0 saturated heterocycles. The molecule has 4 unspecified atom stereocenters. The lowest BCUT2D eigenvalue weighted by atomic mass is 9.64. The van der Waals surface area contributed by atoms with Crippen molar-refractivity contribution in [2.75, 3.05) is 7.11 Å². The van der Waals surface area contributed by atoms with Gasteiger partial charge in [0.05, 0.1) is 20.1 Å². The molecule has 116 valence electrons. The Kier molecular flexibility index (Phi) is 2.87. The van der Waals surface area contributed by atoms with Crippen LogP contribution in [0.5, 0.6) is 0 Å². The first-order valence-corrected chi connectivity index (χ1v) is 9.13. The standard InChI is InChI=1S/C17H14Cl4O/c1-22-17-6-4-2-3-5-7(17)9-8(6)10(9)11-12(17)14(19)16(21)15(20)13(11)18/h2-3,6-10H,4-5H2,1H3. The van der Waals surface area contributed by atoms with Crippen LogP contribution < -0.4 is 0 Å². The normalized spacial score (nSPS) is 43.0. The molecule has 0 aromatic heterocycles. The van der Waals surface area contributed by atoms with Crippen molar-refractivity contribution in [3.05, 3.63) is 43.4 Å². The van der Waals surface area contributed by atoms with Crippen LogP contribution in [0, 0.1) is 23.7 Å². The molecule has 2 saturated carbocycles. The van der Waals surface area contributed by atoms with E-state index in [1.807, 2.05) is 0 Å². The van der Waals surface area contributed by atoms with Crippen molar-refractivity contribution >= 4 is 46.4 Å². The Balaban J connectivity index is 1.88. The average Bonchev–Trinajstić information content (AvgIpc) is 3.20. The molecule has 1 aromatic rings. The first-order chi connectivity index (χ1) is 10.6. The lowest BCUT2D eigenvalue weighted by Gasteiger charge is -2.48. The van der Waals surface area contributed by atoms with E-state index in [1.54, 1.807) is 7.11 Å². The van der Waals surface area contributed by atoms with Gasteiger partial charge in [0.15, 0.2) is 0 Å². The Morgan fingerprint density at radius 1 is 0.909 bits per heavy atom. The molecule has 6 bridgehead atoms. The summed E-state index contributed by atoms with van der Waals surface area (Å²) in [6.07, 6.45) is 6.66. The van der Waals surface area contributed by atoms with Crippen LogP contribution in [-0.4, -0.2) is 7.11 Å². The Morgan fingerprint density at radius 3 is 2.00 bits per heavy atom. The van der Waals surface area contributed by atoms with E-state index in [2.05, 4.69) is 12.2 Å². The number of benzene rings is 1. The van der Waals surface area contributed by atoms with E-state index in [1.165, 1.54) is 0 Å². The second kappa shape index (κ2) is 4.37. The average molecular weight is 376 g/mol. The third kappa shape index (κ3) is 1.33. The summed E-state index contributed by atoms with van der Waals surface area (Å²) < 4.78 is 6.21. The second-order valence-corrected chi connectivity index (χ2v) is 8.39. The first kappa shape index (κ1) is 14.4. The largest absolute Gasteiger partial charge is 0.373 e. The SMILES string of the molecule is COC12c3c(Cl)c(Cl)c(Cl)c(Cl)c3C3C4C3C1CC=CCC42. The van der Waals surface area contributed by atoms with Gasteiger partial charge in [0.25, 0.3) is 0 Å². The quantitative estimate of drug-likeness (QED) is 0.328. The van der Waals surface area contributed by atoms with Gasteiger partial charge in [-0.3, -0.25) is 0 Å². The van der Waals surface area contributed by atoms with Gasteiger partial charge in [-0.05, 0) is 48.0 Å². The van der Waals surface area contributed by atoms with Crippen LogP contribution in [0.4, 0.5) is 0 Å². The van der Waals surface area contributed by atoms with Gasteiger partial charge in [0.1, 0.15) is 5.60 Å². The van der Waals surface area contributed by atoms with Crippen LogP contribution in [0.2, 0.25) is 20.1 Å². The highest BCUT2D eigenvalue weighted by Crippen LogP contribution is 2.82. The van der Waals surface area contributed by atoms with Gasteiger partial charge in [-0.2, -0.15) is 0 Å². The van der Waals surface area contributed by atoms with Gasteiger partial charge >= 0.3 is 0 Å². The van der Waals surface area contributed by atoms with E-state index in [0.717, 1.165) is 24.0 Å². The summed E-state index contributed by atoms with van der Waals surface area (Å²) >= 11 is 25.9. The molecule has 5 aliphatic rings. The molecule has 5 aliphatic carbocycles. The zero-order chi connectivity index (χ0) is 15.4. The minimum Gasteiger partial charge on any atom is -0.373 e. The van der Waals surface area contributed by atoms with Gasteiger partial charge in [-0.15, -0.1) is 0 Å². The summed E-state index contributed by atoms with van der Waals surface area (Å²) in [4.78, 5) is 0. The molecule has 0 amide bonds. The molecule has 1 aromatic carbocycles. The van der Waals surface area contributed by atoms with Gasteiger partial charge in [0.2, 0.25) is 0 Å². The lowest BCUT2D eigenvalue weighted by molar-refractivity contribution is -0.103. The number of hydrogen-bond acceptors (Lipinski definition) is 1. The summed E-state index contributed by atoms with van der Waals surface area (Å²) in [7, 11) is 1.80. The zero-order valence-corrected chi connectivity index (χ0v) is 14.9. The fourth-order valence-corrected chi connectivity index (χ4v) is 7.04. The Morgan fingerprint density at radius 2 is 1.45 bits per heavy atom. The van der Waals surface area contributed by atoms with Crippen molar-refractivity contribution in [1.29, 1.82) is 0 Å². The monoisotopic (exact) mass is 374 g/mol. The minimum absolute atomic E-state index is 0.357. The minimum atomic E-state index is -0.363. The number of methoxy groups -OCH3 is 1. The van der Waals surface area contributed by atoms with E-state index in [-0.39, 0.29) is 5.60 Å². The summed E-state index contributed by atoms with van der Waals surface area (Å²) in [6, 6.07) is 0. The van der Waals surface area contributed by atoms with Gasteiger partial charge < -0.3 is 4.74 Å².